The van der Waals surface area contributed by atoms with Crippen LogP contribution in [0.4, 0.5) is 13.2 Å². The normalized spacial score (nSPS) is 17.7. The maximum atomic E-state index is 13.0. The summed E-state index contributed by atoms with van der Waals surface area (Å²) < 4.78 is 50.3. The Labute approximate surface area is 177 Å². The number of hydrogen-bond donors (Lipinski definition) is 1. The van der Waals surface area contributed by atoms with E-state index in [2.05, 4.69) is 0 Å². The fraction of sp³-hybridized carbons (Fsp3) is 0.381. The van der Waals surface area contributed by atoms with Crippen molar-refractivity contribution in [2.75, 3.05) is 26.2 Å². The van der Waals surface area contributed by atoms with E-state index in [1.807, 2.05) is 17.0 Å². The van der Waals surface area contributed by atoms with Crippen LogP contribution >= 0.6 is 11.6 Å². The molecule has 1 heterocycles. The van der Waals surface area contributed by atoms with E-state index in [-0.39, 0.29) is 29.7 Å². The number of rotatable bonds is 7. The maximum Gasteiger partial charge on any atom is 0.417 e. The molecule has 1 aliphatic heterocycles. The molecule has 0 amide bonds. The molecule has 2 aromatic carbocycles. The summed E-state index contributed by atoms with van der Waals surface area (Å²) in [5.74, 6) is -0.341. The molecule has 0 spiro atoms. The SMILES string of the molecule is O=C(O)CCN1CCOC(c2ccc(OCc3cccc(C(F)(F)F)c3Cl)cc2)C1. The molecule has 1 N–H and O–H groups in total. The van der Waals surface area contributed by atoms with Crippen LogP contribution in [0.1, 0.15) is 29.2 Å². The zero-order chi connectivity index (χ0) is 21.7. The molecule has 5 nitrogen and oxygen atoms in total. The fourth-order valence-corrected chi connectivity index (χ4v) is 3.50. The molecule has 0 radical (unpaired) electrons. The number of morpholine rings is 1. The summed E-state index contributed by atoms with van der Waals surface area (Å²) in [5.41, 5.74) is 0.280. The van der Waals surface area contributed by atoms with Gasteiger partial charge in [0.25, 0.3) is 0 Å². The number of aliphatic carboxylic acids is 1. The zero-order valence-electron chi connectivity index (χ0n) is 16.0. The van der Waals surface area contributed by atoms with Gasteiger partial charge in [0, 0.05) is 25.2 Å². The van der Waals surface area contributed by atoms with Gasteiger partial charge in [-0.1, -0.05) is 35.9 Å². The third kappa shape index (κ3) is 5.87. The van der Waals surface area contributed by atoms with E-state index in [9.17, 15) is 18.0 Å². The number of benzene rings is 2. The number of carbonyl (C=O) groups is 1. The first-order valence-corrected chi connectivity index (χ1v) is 9.75. The van der Waals surface area contributed by atoms with E-state index in [1.54, 1.807) is 12.1 Å². The molecule has 9 heteroatoms. The van der Waals surface area contributed by atoms with Crippen molar-refractivity contribution in [1.82, 2.24) is 4.90 Å². The minimum Gasteiger partial charge on any atom is -0.489 e. The molecule has 0 saturated carbocycles. The average Bonchev–Trinajstić information content (AvgIpc) is 2.71. The third-order valence-corrected chi connectivity index (χ3v) is 5.27. The molecule has 1 fully saturated rings. The second-order valence-electron chi connectivity index (χ2n) is 6.94. The van der Waals surface area contributed by atoms with Crippen molar-refractivity contribution in [3.8, 4) is 5.75 Å². The van der Waals surface area contributed by atoms with Crippen LogP contribution in [0.15, 0.2) is 42.5 Å². The van der Waals surface area contributed by atoms with Crippen LogP contribution in [-0.4, -0.2) is 42.2 Å². The van der Waals surface area contributed by atoms with Crippen LogP contribution in [0, 0.1) is 0 Å². The summed E-state index contributed by atoms with van der Waals surface area (Å²) in [5, 5.41) is 8.46. The molecule has 162 valence electrons. The van der Waals surface area contributed by atoms with Crippen LogP contribution < -0.4 is 4.74 Å². The van der Waals surface area contributed by atoms with Crippen LogP contribution in [-0.2, 0) is 22.3 Å². The van der Waals surface area contributed by atoms with Gasteiger partial charge in [-0.3, -0.25) is 9.69 Å². The van der Waals surface area contributed by atoms with Gasteiger partial charge in [0.1, 0.15) is 12.4 Å². The van der Waals surface area contributed by atoms with E-state index >= 15 is 0 Å². The highest BCUT2D eigenvalue weighted by Crippen LogP contribution is 2.36. The fourth-order valence-electron chi connectivity index (χ4n) is 3.21. The van der Waals surface area contributed by atoms with Gasteiger partial charge >= 0.3 is 12.1 Å². The molecule has 1 unspecified atom stereocenters. The van der Waals surface area contributed by atoms with Gasteiger partial charge in [-0.15, -0.1) is 0 Å². The van der Waals surface area contributed by atoms with E-state index in [4.69, 9.17) is 26.2 Å². The summed E-state index contributed by atoms with van der Waals surface area (Å²) in [7, 11) is 0. The summed E-state index contributed by atoms with van der Waals surface area (Å²) in [4.78, 5) is 12.8. The van der Waals surface area contributed by atoms with Gasteiger partial charge < -0.3 is 14.6 Å². The topological polar surface area (TPSA) is 59.0 Å². The Kier molecular flexibility index (Phi) is 7.23. The predicted octanol–water partition coefficient (Wildman–Crippen LogP) is 4.79. The number of nitrogens with zero attached hydrogens (tertiary/aromatic N) is 1. The first-order chi connectivity index (χ1) is 14.2. The maximum absolute atomic E-state index is 13.0. The standard InChI is InChI=1S/C21H21ClF3NO4/c22-20-15(2-1-3-17(20)21(23,24)25)13-30-16-6-4-14(5-7-16)18-12-26(10-11-29-18)9-8-19(27)28/h1-7,18H,8-13H2,(H,27,28). The lowest BCUT2D eigenvalue weighted by Crippen LogP contribution is -2.39. The van der Waals surface area contributed by atoms with Crippen molar-refractivity contribution in [2.24, 2.45) is 0 Å². The summed E-state index contributed by atoms with van der Waals surface area (Å²) in [6.45, 7) is 2.16. The highest BCUT2D eigenvalue weighted by atomic mass is 35.5. The Morgan fingerprint density at radius 2 is 1.97 bits per heavy atom. The lowest BCUT2D eigenvalue weighted by Gasteiger charge is -2.32. The Morgan fingerprint density at radius 3 is 2.63 bits per heavy atom. The second-order valence-corrected chi connectivity index (χ2v) is 7.32. The molecule has 30 heavy (non-hydrogen) atoms. The number of ether oxygens (including phenoxy) is 2. The molecule has 1 aliphatic rings. The van der Waals surface area contributed by atoms with Crippen molar-refractivity contribution in [1.29, 1.82) is 0 Å². The molecule has 3 rings (SSSR count). The van der Waals surface area contributed by atoms with Gasteiger partial charge in [-0.2, -0.15) is 13.2 Å². The second kappa shape index (κ2) is 9.68. The first kappa shape index (κ1) is 22.4. The Balaban J connectivity index is 1.59. The molecular weight excluding hydrogens is 423 g/mol. The molecule has 1 saturated heterocycles. The monoisotopic (exact) mass is 443 g/mol. The van der Waals surface area contributed by atoms with Gasteiger partial charge in [-0.25, -0.2) is 0 Å². The predicted molar refractivity (Wildman–Crippen MR) is 105 cm³/mol. The van der Waals surface area contributed by atoms with Crippen molar-refractivity contribution in [3.05, 3.63) is 64.2 Å². The first-order valence-electron chi connectivity index (χ1n) is 9.37. The zero-order valence-corrected chi connectivity index (χ0v) is 16.7. The van der Waals surface area contributed by atoms with Crippen LogP contribution in [0.2, 0.25) is 5.02 Å². The molecule has 0 aliphatic carbocycles. The Morgan fingerprint density at radius 1 is 1.23 bits per heavy atom. The summed E-state index contributed by atoms with van der Waals surface area (Å²) in [6, 6.07) is 10.8. The van der Waals surface area contributed by atoms with E-state index in [1.165, 1.54) is 12.1 Å². The Bertz CT molecular complexity index is 874. The number of alkyl halides is 3. The van der Waals surface area contributed by atoms with Gasteiger partial charge in [0.2, 0.25) is 0 Å². The van der Waals surface area contributed by atoms with Crippen molar-refractivity contribution in [3.63, 3.8) is 0 Å². The molecule has 0 aromatic heterocycles. The largest absolute Gasteiger partial charge is 0.489 e. The summed E-state index contributed by atoms with van der Waals surface area (Å²) >= 11 is 5.89. The number of carboxylic acid groups (broad SMARTS) is 1. The highest BCUT2D eigenvalue weighted by Gasteiger charge is 2.33. The minimum atomic E-state index is -4.52. The van der Waals surface area contributed by atoms with E-state index < -0.39 is 17.7 Å². The number of carboxylic acids is 1. The van der Waals surface area contributed by atoms with Gasteiger partial charge in [-0.05, 0) is 23.8 Å². The highest BCUT2D eigenvalue weighted by molar-refractivity contribution is 6.32. The Hall–Kier alpha value is -2.29. The smallest absolute Gasteiger partial charge is 0.417 e. The van der Waals surface area contributed by atoms with E-state index in [0.717, 1.165) is 11.6 Å². The van der Waals surface area contributed by atoms with Crippen molar-refractivity contribution < 1.29 is 32.5 Å². The number of halogens is 4. The van der Waals surface area contributed by atoms with E-state index in [0.29, 0.717) is 32.0 Å². The van der Waals surface area contributed by atoms with Crippen molar-refractivity contribution >= 4 is 17.6 Å². The molecular formula is C21H21ClF3NO4. The van der Waals surface area contributed by atoms with Crippen molar-refractivity contribution in [2.45, 2.75) is 25.3 Å². The average molecular weight is 444 g/mol. The molecule has 1 atom stereocenters. The quantitative estimate of drug-likeness (QED) is 0.667. The van der Waals surface area contributed by atoms with Crippen LogP contribution in [0.5, 0.6) is 5.75 Å². The van der Waals surface area contributed by atoms with Crippen LogP contribution in [0.3, 0.4) is 0 Å². The lowest BCUT2D eigenvalue weighted by molar-refractivity contribution is -0.138. The van der Waals surface area contributed by atoms with Gasteiger partial charge in [0.05, 0.1) is 29.7 Å². The minimum absolute atomic E-state index is 0.0809. The molecule has 0 bridgehead atoms. The van der Waals surface area contributed by atoms with Gasteiger partial charge in [0.15, 0.2) is 0 Å². The van der Waals surface area contributed by atoms with Crippen LogP contribution in [0.25, 0.3) is 0 Å². The number of hydrogen-bond acceptors (Lipinski definition) is 4. The summed E-state index contributed by atoms with van der Waals surface area (Å²) in [6.07, 6.45) is -4.62. The molecule has 2 aromatic rings. The lowest BCUT2D eigenvalue weighted by atomic mass is 10.1. The third-order valence-electron chi connectivity index (χ3n) is 4.82.